The van der Waals surface area contributed by atoms with Crippen molar-refractivity contribution in [2.75, 3.05) is 13.1 Å². The normalized spacial score (nSPS) is 21.1. The molecule has 2 aliphatic carbocycles. The summed E-state index contributed by atoms with van der Waals surface area (Å²) in [6.07, 6.45) is 8.95. The topological polar surface area (TPSA) is 98.0 Å². The molecule has 2 amide bonds. The minimum absolute atomic E-state index is 0. The van der Waals surface area contributed by atoms with Crippen molar-refractivity contribution in [3.05, 3.63) is 71.4 Å². The smallest absolute Gasteiger partial charge is 0.220 e. The molecule has 46 heavy (non-hydrogen) atoms. The third kappa shape index (κ3) is 6.58. The molecule has 4 heterocycles. The summed E-state index contributed by atoms with van der Waals surface area (Å²) in [7, 11) is 0. The van der Waals surface area contributed by atoms with Gasteiger partial charge in [0.15, 0.2) is 0 Å². The number of hydrogen-bond acceptors (Lipinski definition) is 4. The van der Waals surface area contributed by atoms with Crippen LogP contribution in [0.3, 0.4) is 0 Å². The maximum atomic E-state index is 12.0. The van der Waals surface area contributed by atoms with Gasteiger partial charge < -0.3 is 19.8 Å². The van der Waals surface area contributed by atoms with Crippen LogP contribution in [0.1, 0.15) is 94.2 Å². The number of aromatic amines is 2. The van der Waals surface area contributed by atoms with E-state index >= 15 is 0 Å². The molecule has 0 bridgehead atoms. The van der Waals surface area contributed by atoms with Crippen molar-refractivity contribution in [1.82, 2.24) is 29.7 Å². The quantitative estimate of drug-likeness (QED) is 0.240. The van der Waals surface area contributed by atoms with E-state index in [0.29, 0.717) is 10.8 Å². The van der Waals surface area contributed by atoms with Crippen LogP contribution in [-0.4, -0.2) is 54.6 Å². The highest BCUT2D eigenvalue weighted by Gasteiger charge is 2.54. The number of imidazole rings is 2. The summed E-state index contributed by atoms with van der Waals surface area (Å²) >= 11 is 0. The second kappa shape index (κ2) is 12.8. The molecule has 8 nitrogen and oxygen atoms in total. The van der Waals surface area contributed by atoms with E-state index in [-0.39, 0.29) is 50.9 Å². The standard InChI is InChI=1S/C20H21N3O.C16H19N3O.2H2S/c1-3-4-15-5-7-16(8-6-15)17-12-21-19(22-17)18-11-20(9-10-20)13-23(18)14(2)24;1-10-3-4-12-13(7-10)18-15(17-12)14-8-16(5-6-16)9-19(14)11(2)20;;/h5-8,12,18H,9-11,13H2,1-2H3,(H,21,22);3-4,7,14H,5-6,8-9H2,1-2H3,(H,17,18);2*1H2/t18-;14-;;/m00../s1. The SMILES string of the molecule is CC#Cc1ccc(-c2cnc([C@@H]3CC4(CC4)CN3C(C)=O)[nH]2)cc1.CC(=O)N1CC2(CC2)C[C@H]1c1nc2ccc(C)cc2[nH]1.S.S. The van der Waals surface area contributed by atoms with E-state index < -0.39 is 0 Å². The van der Waals surface area contributed by atoms with Crippen molar-refractivity contribution >= 4 is 49.8 Å². The Balaban J connectivity index is 0.000000176. The first-order valence-electron chi connectivity index (χ1n) is 15.8. The molecule has 2 aromatic heterocycles. The summed E-state index contributed by atoms with van der Waals surface area (Å²) in [5.74, 6) is 8.11. The monoisotopic (exact) mass is 656 g/mol. The van der Waals surface area contributed by atoms with Gasteiger partial charge in [-0.2, -0.15) is 27.0 Å². The highest BCUT2D eigenvalue weighted by atomic mass is 32.1. The van der Waals surface area contributed by atoms with Gasteiger partial charge in [-0.3, -0.25) is 9.59 Å². The van der Waals surface area contributed by atoms with E-state index in [1.54, 1.807) is 13.8 Å². The molecule has 4 aliphatic rings. The average molecular weight is 657 g/mol. The van der Waals surface area contributed by atoms with Crippen LogP contribution in [0.25, 0.3) is 22.3 Å². The molecule has 10 heteroatoms. The Hall–Kier alpha value is -3.68. The maximum absolute atomic E-state index is 12.0. The molecule has 2 aliphatic heterocycles. The molecular formula is C36H44N6O2S2. The van der Waals surface area contributed by atoms with Crippen LogP contribution >= 0.6 is 27.0 Å². The van der Waals surface area contributed by atoms with Crippen LogP contribution in [0.15, 0.2) is 48.7 Å². The molecular weight excluding hydrogens is 613 g/mol. The van der Waals surface area contributed by atoms with E-state index in [4.69, 9.17) is 4.98 Å². The van der Waals surface area contributed by atoms with Crippen LogP contribution in [0.2, 0.25) is 0 Å². The number of H-pyrrole nitrogens is 2. The fraction of sp³-hybridized carbons (Fsp3) is 0.444. The van der Waals surface area contributed by atoms with Crippen LogP contribution in [0.4, 0.5) is 0 Å². The van der Waals surface area contributed by atoms with Gasteiger partial charge in [0, 0.05) is 32.5 Å². The Morgan fingerprint density at radius 1 is 0.848 bits per heavy atom. The van der Waals surface area contributed by atoms with Crippen LogP contribution in [-0.2, 0) is 9.59 Å². The van der Waals surface area contributed by atoms with E-state index in [0.717, 1.165) is 65.4 Å². The first-order chi connectivity index (χ1) is 21.2. The number of carbonyl (C=O) groups excluding carboxylic acids is 2. The molecule has 2 aromatic carbocycles. The number of aryl methyl sites for hydroxylation is 1. The number of benzene rings is 2. The third-order valence-electron chi connectivity index (χ3n) is 10.1. The Labute approximate surface area is 285 Å². The van der Waals surface area contributed by atoms with Gasteiger partial charge in [-0.05, 0) is 98.6 Å². The Bertz CT molecular complexity index is 1810. The number of aromatic nitrogens is 4. The average Bonchev–Trinajstić information content (AvgIpc) is 3.60. The lowest BCUT2D eigenvalue weighted by atomic mass is 10.0. The molecule has 2 saturated heterocycles. The number of amides is 2. The number of fused-ring (bicyclic) bond motifs is 1. The highest BCUT2D eigenvalue weighted by Crippen LogP contribution is 2.59. The van der Waals surface area contributed by atoms with Gasteiger partial charge in [-0.1, -0.05) is 24.1 Å². The summed E-state index contributed by atoms with van der Waals surface area (Å²) in [5, 5.41) is 0. The summed E-state index contributed by atoms with van der Waals surface area (Å²) < 4.78 is 0. The Morgan fingerprint density at radius 3 is 1.98 bits per heavy atom. The molecule has 2 atom stereocenters. The summed E-state index contributed by atoms with van der Waals surface area (Å²) in [4.78, 5) is 44.0. The summed E-state index contributed by atoms with van der Waals surface area (Å²) in [6.45, 7) is 9.03. The van der Waals surface area contributed by atoms with Crippen LogP contribution in [0.5, 0.6) is 0 Å². The van der Waals surface area contributed by atoms with E-state index in [9.17, 15) is 9.59 Å². The fourth-order valence-corrected chi connectivity index (χ4v) is 7.17. The second-order valence-electron chi connectivity index (χ2n) is 13.5. The fourth-order valence-electron chi connectivity index (χ4n) is 7.17. The van der Waals surface area contributed by atoms with Gasteiger partial charge in [0.1, 0.15) is 11.6 Å². The second-order valence-corrected chi connectivity index (χ2v) is 13.5. The zero-order valence-electron chi connectivity index (χ0n) is 27.0. The number of rotatable bonds is 3. The molecule has 2 N–H and O–H groups in total. The minimum Gasteiger partial charge on any atom is -0.340 e. The van der Waals surface area contributed by atoms with Crippen LogP contribution < -0.4 is 0 Å². The first-order valence-corrected chi connectivity index (χ1v) is 15.8. The number of nitrogens with zero attached hydrogens (tertiary/aromatic N) is 4. The predicted octanol–water partition coefficient (Wildman–Crippen LogP) is 6.69. The number of nitrogens with one attached hydrogen (secondary N) is 2. The van der Waals surface area contributed by atoms with Crippen LogP contribution in [0, 0.1) is 29.6 Å². The molecule has 4 aromatic rings. The summed E-state index contributed by atoms with van der Waals surface area (Å²) in [6, 6.07) is 14.6. The van der Waals surface area contributed by atoms with Crippen molar-refractivity contribution in [2.24, 2.45) is 10.8 Å². The van der Waals surface area contributed by atoms with Crippen molar-refractivity contribution < 1.29 is 9.59 Å². The van der Waals surface area contributed by atoms with E-state index in [2.05, 4.69) is 58.0 Å². The Kier molecular flexibility index (Phi) is 9.40. The van der Waals surface area contributed by atoms with Crippen molar-refractivity contribution in [3.63, 3.8) is 0 Å². The molecule has 0 unspecified atom stereocenters. The van der Waals surface area contributed by atoms with Gasteiger partial charge in [-0.25, -0.2) is 9.97 Å². The zero-order chi connectivity index (χ0) is 30.6. The lowest BCUT2D eigenvalue weighted by molar-refractivity contribution is -0.130. The van der Waals surface area contributed by atoms with Crippen molar-refractivity contribution in [2.45, 2.75) is 78.3 Å². The lowest BCUT2D eigenvalue weighted by Crippen LogP contribution is -2.29. The molecule has 4 fully saturated rings. The predicted molar refractivity (Wildman–Crippen MR) is 191 cm³/mol. The van der Waals surface area contributed by atoms with Gasteiger partial charge >= 0.3 is 0 Å². The molecule has 242 valence electrons. The lowest BCUT2D eigenvalue weighted by Gasteiger charge is -2.21. The first kappa shape index (κ1) is 33.7. The van der Waals surface area contributed by atoms with Gasteiger partial charge in [0.05, 0.1) is 35.0 Å². The largest absolute Gasteiger partial charge is 0.340 e. The summed E-state index contributed by atoms with van der Waals surface area (Å²) in [5.41, 5.74) is 7.13. The zero-order valence-corrected chi connectivity index (χ0v) is 29.0. The minimum atomic E-state index is 0. The van der Waals surface area contributed by atoms with E-state index in [1.807, 2.05) is 41.1 Å². The maximum Gasteiger partial charge on any atom is 0.220 e. The highest BCUT2D eigenvalue weighted by molar-refractivity contribution is 7.59. The van der Waals surface area contributed by atoms with Gasteiger partial charge in [0.2, 0.25) is 11.8 Å². The van der Waals surface area contributed by atoms with Crippen molar-refractivity contribution in [1.29, 1.82) is 0 Å². The number of carbonyl (C=O) groups is 2. The van der Waals surface area contributed by atoms with Crippen molar-refractivity contribution in [3.8, 4) is 23.1 Å². The molecule has 8 rings (SSSR count). The van der Waals surface area contributed by atoms with E-state index in [1.165, 1.54) is 31.2 Å². The van der Waals surface area contributed by atoms with Gasteiger partial charge in [0.25, 0.3) is 0 Å². The number of hydrogen-bond donors (Lipinski definition) is 2. The Morgan fingerprint density at radius 2 is 1.43 bits per heavy atom. The molecule has 2 spiro atoms. The number of likely N-dealkylation sites (tertiary alicyclic amines) is 2. The molecule has 0 radical (unpaired) electrons. The third-order valence-corrected chi connectivity index (χ3v) is 10.1. The van der Waals surface area contributed by atoms with Gasteiger partial charge in [-0.15, -0.1) is 5.92 Å². The molecule has 2 saturated carbocycles.